The predicted octanol–water partition coefficient (Wildman–Crippen LogP) is 2.40. The molecular formula is C13H17F3N2O. The average molecular weight is 274 g/mol. The maximum Gasteiger partial charge on any atom is 0.407 e. The molecular weight excluding hydrogens is 257 g/mol. The normalized spacial score (nSPS) is 13.4. The summed E-state index contributed by atoms with van der Waals surface area (Å²) in [4.78, 5) is 11.4. The van der Waals surface area contributed by atoms with Gasteiger partial charge in [-0.05, 0) is 19.4 Å². The van der Waals surface area contributed by atoms with Crippen molar-refractivity contribution in [2.24, 2.45) is 0 Å². The third kappa shape index (κ3) is 5.30. The van der Waals surface area contributed by atoms with Crippen LogP contribution in [0.4, 0.5) is 13.2 Å². The van der Waals surface area contributed by atoms with E-state index in [1.807, 2.05) is 0 Å². The van der Waals surface area contributed by atoms with E-state index in [2.05, 4.69) is 10.6 Å². The maximum absolute atomic E-state index is 12.9. The molecule has 1 aromatic rings. The highest BCUT2D eigenvalue weighted by Gasteiger charge is 2.40. The van der Waals surface area contributed by atoms with Crippen LogP contribution in [0.3, 0.4) is 0 Å². The Kier molecular flexibility index (Phi) is 5.35. The highest BCUT2D eigenvalue weighted by molar-refractivity contribution is 5.78. The third-order valence-electron chi connectivity index (χ3n) is 2.38. The standard InChI is InChI=1S/C13H17F3N2O/c1-9(2)18-11(19)8-17-12(13(14,15)16)10-6-4-3-5-7-10/h3-7,9,12,17H,8H2,1-2H3,(H,18,19). The van der Waals surface area contributed by atoms with E-state index in [1.54, 1.807) is 19.9 Å². The quantitative estimate of drug-likeness (QED) is 0.865. The van der Waals surface area contributed by atoms with Crippen molar-refractivity contribution in [2.45, 2.75) is 32.1 Å². The Morgan fingerprint density at radius 2 is 1.79 bits per heavy atom. The summed E-state index contributed by atoms with van der Waals surface area (Å²) < 4.78 is 38.8. The molecule has 1 aromatic carbocycles. The van der Waals surface area contributed by atoms with Crippen LogP contribution in [-0.4, -0.2) is 24.7 Å². The van der Waals surface area contributed by atoms with Crippen molar-refractivity contribution in [1.82, 2.24) is 10.6 Å². The van der Waals surface area contributed by atoms with Crippen LogP contribution in [0.1, 0.15) is 25.5 Å². The van der Waals surface area contributed by atoms with Gasteiger partial charge >= 0.3 is 6.18 Å². The lowest BCUT2D eigenvalue weighted by molar-refractivity contribution is -0.158. The Labute approximate surface area is 110 Å². The lowest BCUT2D eigenvalue weighted by Gasteiger charge is -2.22. The number of hydrogen-bond acceptors (Lipinski definition) is 2. The SMILES string of the molecule is CC(C)NC(=O)CNC(c1ccccc1)C(F)(F)F. The zero-order valence-corrected chi connectivity index (χ0v) is 10.8. The van der Waals surface area contributed by atoms with E-state index in [1.165, 1.54) is 24.3 Å². The first-order valence-electron chi connectivity index (χ1n) is 5.95. The number of amides is 1. The van der Waals surface area contributed by atoms with Gasteiger partial charge in [-0.1, -0.05) is 30.3 Å². The largest absolute Gasteiger partial charge is 0.407 e. The van der Waals surface area contributed by atoms with Crippen molar-refractivity contribution in [2.75, 3.05) is 6.54 Å². The van der Waals surface area contributed by atoms with Gasteiger partial charge in [0.05, 0.1) is 6.54 Å². The summed E-state index contributed by atoms with van der Waals surface area (Å²) in [5, 5.41) is 4.78. The first kappa shape index (κ1) is 15.5. The molecule has 0 fully saturated rings. The number of rotatable bonds is 5. The van der Waals surface area contributed by atoms with Gasteiger partial charge in [0.1, 0.15) is 6.04 Å². The lowest BCUT2D eigenvalue weighted by atomic mass is 10.1. The van der Waals surface area contributed by atoms with Crippen LogP contribution in [0.2, 0.25) is 0 Å². The average Bonchev–Trinajstić information content (AvgIpc) is 2.27. The smallest absolute Gasteiger partial charge is 0.353 e. The van der Waals surface area contributed by atoms with Crippen LogP contribution in [0.15, 0.2) is 30.3 Å². The molecule has 3 nitrogen and oxygen atoms in total. The summed E-state index contributed by atoms with van der Waals surface area (Å²) in [6, 6.07) is 5.52. The first-order chi connectivity index (χ1) is 8.80. The Bertz CT molecular complexity index is 404. The number of halogens is 3. The summed E-state index contributed by atoms with van der Waals surface area (Å²) in [5.41, 5.74) is 0.0901. The van der Waals surface area contributed by atoms with E-state index in [0.717, 1.165) is 0 Å². The summed E-state index contributed by atoms with van der Waals surface area (Å²) in [6.07, 6.45) is -4.44. The number of hydrogen-bond donors (Lipinski definition) is 2. The molecule has 0 spiro atoms. The van der Waals surface area contributed by atoms with Gasteiger partial charge in [-0.3, -0.25) is 10.1 Å². The van der Waals surface area contributed by atoms with Crippen LogP contribution >= 0.6 is 0 Å². The van der Waals surface area contributed by atoms with Crippen molar-refractivity contribution in [3.05, 3.63) is 35.9 Å². The predicted molar refractivity (Wildman–Crippen MR) is 66.5 cm³/mol. The summed E-state index contributed by atoms with van der Waals surface area (Å²) in [5.74, 6) is -0.458. The Balaban J connectivity index is 2.70. The number of benzene rings is 1. The molecule has 0 aromatic heterocycles. The van der Waals surface area contributed by atoms with Gasteiger partial charge in [0.15, 0.2) is 0 Å². The van der Waals surface area contributed by atoms with Crippen LogP contribution in [0, 0.1) is 0 Å². The van der Waals surface area contributed by atoms with Crippen LogP contribution < -0.4 is 10.6 Å². The van der Waals surface area contributed by atoms with Crippen molar-refractivity contribution >= 4 is 5.91 Å². The third-order valence-corrected chi connectivity index (χ3v) is 2.38. The molecule has 19 heavy (non-hydrogen) atoms. The van der Waals surface area contributed by atoms with Crippen molar-refractivity contribution < 1.29 is 18.0 Å². The van der Waals surface area contributed by atoms with Gasteiger partial charge in [-0.2, -0.15) is 13.2 Å². The first-order valence-corrected chi connectivity index (χ1v) is 5.95. The Morgan fingerprint density at radius 3 is 2.26 bits per heavy atom. The molecule has 0 radical (unpaired) electrons. The topological polar surface area (TPSA) is 41.1 Å². The monoisotopic (exact) mass is 274 g/mol. The highest BCUT2D eigenvalue weighted by Crippen LogP contribution is 2.32. The van der Waals surface area contributed by atoms with Crippen LogP contribution in [0.5, 0.6) is 0 Å². The molecule has 1 unspecified atom stereocenters. The molecule has 1 amide bonds. The van der Waals surface area contributed by atoms with E-state index in [4.69, 9.17) is 0 Å². The van der Waals surface area contributed by atoms with Gasteiger partial charge in [-0.25, -0.2) is 0 Å². The van der Waals surface area contributed by atoms with E-state index in [0.29, 0.717) is 0 Å². The molecule has 0 aliphatic rings. The molecule has 0 aliphatic heterocycles. The molecule has 2 N–H and O–H groups in total. The molecule has 6 heteroatoms. The van der Waals surface area contributed by atoms with E-state index >= 15 is 0 Å². The molecule has 0 saturated carbocycles. The van der Waals surface area contributed by atoms with E-state index in [9.17, 15) is 18.0 Å². The molecule has 0 saturated heterocycles. The number of alkyl halides is 3. The molecule has 1 rings (SSSR count). The molecule has 106 valence electrons. The van der Waals surface area contributed by atoms with E-state index in [-0.39, 0.29) is 18.2 Å². The minimum absolute atomic E-state index is 0.0901. The fourth-order valence-corrected chi connectivity index (χ4v) is 1.64. The second-order valence-corrected chi connectivity index (χ2v) is 4.49. The number of nitrogens with one attached hydrogen (secondary N) is 2. The summed E-state index contributed by atoms with van der Waals surface area (Å²) in [7, 11) is 0. The fraction of sp³-hybridized carbons (Fsp3) is 0.462. The van der Waals surface area contributed by atoms with E-state index < -0.39 is 18.1 Å². The van der Waals surface area contributed by atoms with Crippen molar-refractivity contribution in [3.63, 3.8) is 0 Å². The second-order valence-electron chi connectivity index (χ2n) is 4.49. The molecule has 1 atom stereocenters. The minimum Gasteiger partial charge on any atom is -0.353 e. The van der Waals surface area contributed by atoms with Gasteiger partial charge in [0.25, 0.3) is 0 Å². The van der Waals surface area contributed by atoms with Crippen LogP contribution in [-0.2, 0) is 4.79 Å². The van der Waals surface area contributed by atoms with Gasteiger partial charge < -0.3 is 5.32 Å². The Morgan fingerprint density at radius 1 is 1.21 bits per heavy atom. The fourth-order valence-electron chi connectivity index (χ4n) is 1.64. The molecule has 0 heterocycles. The molecule has 0 aliphatic carbocycles. The highest BCUT2D eigenvalue weighted by atomic mass is 19.4. The van der Waals surface area contributed by atoms with Crippen molar-refractivity contribution in [1.29, 1.82) is 0 Å². The number of carbonyl (C=O) groups is 1. The molecule has 0 bridgehead atoms. The Hall–Kier alpha value is -1.56. The minimum atomic E-state index is -4.44. The van der Waals surface area contributed by atoms with Crippen LogP contribution in [0.25, 0.3) is 0 Å². The second kappa shape index (κ2) is 6.56. The lowest BCUT2D eigenvalue weighted by Crippen LogP contribution is -2.42. The summed E-state index contributed by atoms with van der Waals surface area (Å²) >= 11 is 0. The number of carbonyl (C=O) groups excluding carboxylic acids is 1. The van der Waals surface area contributed by atoms with Gasteiger partial charge in [0, 0.05) is 6.04 Å². The maximum atomic E-state index is 12.9. The van der Waals surface area contributed by atoms with Gasteiger partial charge in [-0.15, -0.1) is 0 Å². The van der Waals surface area contributed by atoms with Crippen molar-refractivity contribution in [3.8, 4) is 0 Å². The summed E-state index contributed by atoms with van der Waals surface area (Å²) in [6.45, 7) is 3.12. The zero-order valence-electron chi connectivity index (χ0n) is 10.8. The zero-order chi connectivity index (χ0) is 14.5. The van der Waals surface area contributed by atoms with Gasteiger partial charge in [0.2, 0.25) is 5.91 Å².